The molecular formula is C19H28N2O3S. The molecule has 1 aliphatic heterocycles. The number of nitrogens with one attached hydrogen (secondary N) is 1. The summed E-state index contributed by atoms with van der Waals surface area (Å²) in [6.07, 6.45) is 4.51. The van der Waals surface area contributed by atoms with Crippen molar-refractivity contribution in [3.8, 4) is 0 Å². The third kappa shape index (κ3) is 3.60. The van der Waals surface area contributed by atoms with E-state index < -0.39 is 11.8 Å². The van der Waals surface area contributed by atoms with E-state index in [1.807, 2.05) is 31.4 Å². The molecule has 6 heteroatoms. The number of rotatable bonds is 4. The minimum absolute atomic E-state index is 0.0774. The molecule has 1 aliphatic carbocycles. The highest BCUT2D eigenvalue weighted by Crippen LogP contribution is 2.43. The van der Waals surface area contributed by atoms with E-state index in [4.69, 9.17) is 4.74 Å². The highest BCUT2D eigenvalue weighted by Gasteiger charge is 2.53. The molecule has 25 heavy (non-hydrogen) atoms. The van der Waals surface area contributed by atoms with Gasteiger partial charge in [0.1, 0.15) is 11.8 Å². The fraction of sp³-hybridized carbons (Fsp3) is 0.684. The van der Waals surface area contributed by atoms with E-state index in [2.05, 4.69) is 12.2 Å². The second kappa shape index (κ2) is 7.46. The summed E-state index contributed by atoms with van der Waals surface area (Å²) in [5, 5.41) is 4.92. The van der Waals surface area contributed by atoms with Crippen LogP contribution in [0.5, 0.6) is 0 Å². The zero-order valence-corrected chi connectivity index (χ0v) is 16.1. The fourth-order valence-electron chi connectivity index (χ4n) is 3.74. The number of thiophene rings is 1. The van der Waals surface area contributed by atoms with Crippen LogP contribution in [0.15, 0.2) is 17.5 Å². The van der Waals surface area contributed by atoms with Gasteiger partial charge < -0.3 is 10.1 Å². The number of hydrogen-bond donors (Lipinski definition) is 1. The van der Waals surface area contributed by atoms with E-state index in [0.717, 1.165) is 32.1 Å². The number of hydrogen-bond acceptors (Lipinski definition) is 4. The molecule has 1 spiro atoms. The molecule has 2 aliphatic rings. The highest BCUT2D eigenvalue weighted by atomic mass is 32.1. The van der Waals surface area contributed by atoms with E-state index >= 15 is 0 Å². The molecule has 1 aromatic heterocycles. The van der Waals surface area contributed by atoms with Crippen LogP contribution in [0.3, 0.4) is 0 Å². The molecule has 1 saturated heterocycles. The summed E-state index contributed by atoms with van der Waals surface area (Å²) < 4.78 is 6.16. The second-order valence-electron chi connectivity index (χ2n) is 7.43. The normalized spacial score (nSPS) is 30.4. The van der Waals surface area contributed by atoms with Crippen LogP contribution in [0, 0.1) is 5.92 Å². The van der Waals surface area contributed by atoms with E-state index in [0.29, 0.717) is 10.8 Å². The lowest BCUT2D eigenvalue weighted by Crippen LogP contribution is -2.57. The largest absolute Gasteiger partial charge is 0.353 e. The van der Waals surface area contributed by atoms with Gasteiger partial charge >= 0.3 is 0 Å². The number of carbonyl (C=O) groups excluding carboxylic acids is 2. The Kier molecular flexibility index (Phi) is 5.49. The molecule has 0 bridgehead atoms. The lowest BCUT2D eigenvalue weighted by Gasteiger charge is -2.42. The van der Waals surface area contributed by atoms with E-state index in [1.165, 1.54) is 11.3 Å². The van der Waals surface area contributed by atoms with Crippen LogP contribution in [0.25, 0.3) is 0 Å². The van der Waals surface area contributed by atoms with Gasteiger partial charge in [-0.1, -0.05) is 19.9 Å². The Morgan fingerprint density at radius 2 is 2.16 bits per heavy atom. The first kappa shape index (κ1) is 18.4. The number of ether oxygens (including phenoxy) is 1. The van der Waals surface area contributed by atoms with Crippen molar-refractivity contribution in [1.29, 1.82) is 0 Å². The van der Waals surface area contributed by atoms with Gasteiger partial charge in [0.05, 0.1) is 11.5 Å². The molecule has 0 radical (unpaired) electrons. The topological polar surface area (TPSA) is 58.6 Å². The first-order valence-electron chi connectivity index (χ1n) is 9.28. The van der Waals surface area contributed by atoms with Crippen molar-refractivity contribution in [2.24, 2.45) is 5.92 Å². The first-order valence-corrected chi connectivity index (χ1v) is 10.2. The molecule has 1 aromatic rings. The van der Waals surface area contributed by atoms with Gasteiger partial charge in [-0.3, -0.25) is 14.5 Å². The lowest BCUT2D eigenvalue weighted by atomic mass is 9.83. The van der Waals surface area contributed by atoms with Gasteiger partial charge in [0.15, 0.2) is 0 Å². The summed E-state index contributed by atoms with van der Waals surface area (Å²) in [6, 6.07) is 3.25. The van der Waals surface area contributed by atoms with Gasteiger partial charge in [0.25, 0.3) is 5.91 Å². The fourth-order valence-corrected chi connectivity index (χ4v) is 4.40. The molecule has 2 amide bonds. The highest BCUT2D eigenvalue weighted by molar-refractivity contribution is 7.12. The Balaban J connectivity index is 1.87. The summed E-state index contributed by atoms with van der Waals surface area (Å²) in [5.41, 5.74) is -0.620. The average molecular weight is 365 g/mol. The van der Waals surface area contributed by atoms with Crippen molar-refractivity contribution in [1.82, 2.24) is 10.2 Å². The summed E-state index contributed by atoms with van der Waals surface area (Å²) in [7, 11) is 0. The molecule has 138 valence electrons. The Hall–Kier alpha value is -1.40. The van der Waals surface area contributed by atoms with Crippen LogP contribution < -0.4 is 5.32 Å². The van der Waals surface area contributed by atoms with Gasteiger partial charge in [-0.25, -0.2) is 0 Å². The number of nitrogens with zero attached hydrogens (tertiary/aromatic N) is 1. The zero-order valence-electron chi connectivity index (χ0n) is 15.3. The van der Waals surface area contributed by atoms with Crippen molar-refractivity contribution in [3.63, 3.8) is 0 Å². The molecule has 2 fully saturated rings. The average Bonchev–Trinajstić information content (AvgIpc) is 3.25. The van der Waals surface area contributed by atoms with Gasteiger partial charge in [0.2, 0.25) is 5.91 Å². The molecule has 2 heterocycles. The Morgan fingerprint density at radius 3 is 2.76 bits per heavy atom. The van der Waals surface area contributed by atoms with E-state index in [9.17, 15) is 9.59 Å². The first-order chi connectivity index (χ1) is 12.0. The van der Waals surface area contributed by atoms with Crippen molar-refractivity contribution in [2.75, 3.05) is 6.61 Å². The number of amides is 2. The summed E-state index contributed by atoms with van der Waals surface area (Å²) in [5.74, 6) is 0.460. The van der Waals surface area contributed by atoms with Gasteiger partial charge in [0, 0.05) is 6.04 Å². The van der Waals surface area contributed by atoms with Crippen molar-refractivity contribution < 1.29 is 14.3 Å². The molecule has 0 unspecified atom stereocenters. The predicted octanol–water partition coefficient (Wildman–Crippen LogP) is 3.41. The third-order valence-electron chi connectivity index (χ3n) is 5.57. The van der Waals surface area contributed by atoms with Gasteiger partial charge in [-0.2, -0.15) is 0 Å². The molecule has 1 N–H and O–H groups in total. The van der Waals surface area contributed by atoms with Crippen LogP contribution >= 0.6 is 11.3 Å². The predicted molar refractivity (Wildman–Crippen MR) is 98.5 cm³/mol. The maximum atomic E-state index is 13.2. The molecule has 0 aromatic carbocycles. The SMILES string of the molecule is CC[C@@H](C)NC(=O)[C@@H]1COC2(CCC(C)CC2)N1C(=O)c1cccs1. The molecule has 1 saturated carbocycles. The Labute approximate surface area is 153 Å². The molecular weight excluding hydrogens is 336 g/mol. The van der Waals surface area contributed by atoms with Crippen molar-refractivity contribution in [2.45, 2.75) is 70.7 Å². The van der Waals surface area contributed by atoms with Gasteiger partial charge in [-0.05, 0) is 56.4 Å². The monoisotopic (exact) mass is 364 g/mol. The minimum atomic E-state index is -0.620. The van der Waals surface area contributed by atoms with E-state index in [-0.39, 0.29) is 24.5 Å². The maximum Gasteiger partial charge on any atom is 0.266 e. The standard InChI is InChI=1S/C19H28N2O3S/c1-4-14(3)20-17(22)15-12-24-19(9-7-13(2)8-10-19)21(15)18(23)16-6-5-11-25-16/h5-6,11,13-15H,4,7-10,12H2,1-3H3,(H,20,22)/t13?,14-,15+,19?/m1/s1. The van der Waals surface area contributed by atoms with Gasteiger partial charge in [-0.15, -0.1) is 11.3 Å². The Morgan fingerprint density at radius 1 is 1.44 bits per heavy atom. The van der Waals surface area contributed by atoms with Crippen molar-refractivity contribution in [3.05, 3.63) is 22.4 Å². The minimum Gasteiger partial charge on any atom is -0.353 e. The summed E-state index contributed by atoms with van der Waals surface area (Å²) >= 11 is 1.42. The maximum absolute atomic E-state index is 13.2. The molecule has 5 nitrogen and oxygen atoms in total. The molecule has 2 atom stereocenters. The molecule has 3 rings (SSSR count). The van der Waals surface area contributed by atoms with Crippen LogP contribution in [0.4, 0.5) is 0 Å². The Bertz CT molecular complexity index is 608. The van der Waals surface area contributed by atoms with Crippen molar-refractivity contribution >= 4 is 23.2 Å². The van der Waals surface area contributed by atoms with E-state index in [1.54, 1.807) is 4.90 Å². The summed E-state index contributed by atoms with van der Waals surface area (Å²) in [6.45, 7) is 6.54. The zero-order chi connectivity index (χ0) is 18.0. The smallest absolute Gasteiger partial charge is 0.266 e. The van der Waals surface area contributed by atoms with Crippen LogP contribution in [0.2, 0.25) is 0 Å². The summed E-state index contributed by atoms with van der Waals surface area (Å²) in [4.78, 5) is 28.4. The van der Waals surface area contributed by atoms with Crippen LogP contribution in [-0.4, -0.2) is 41.1 Å². The van der Waals surface area contributed by atoms with Crippen LogP contribution in [0.1, 0.15) is 62.5 Å². The third-order valence-corrected chi connectivity index (χ3v) is 6.43. The number of carbonyl (C=O) groups is 2. The lowest BCUT2D eigenvalue weighted by molar-refractivity contribution is -0.128. The van der Waals surface area contributed by atoms with Crippen LogP contribution in [-0.2, 0) is 9.53 Å². The second-order valence-corrected chi connectivity index (χ2v) is 8.37. The quantitative estimate of drug-likeness (QED) is 0.891.